The van der Waals surface area contributed by atoms with Crippen molar-refractivity contribution >= 4 is 31.7 Å². The molecule has 1 aliphatic carbocycles. The molecule has 0 aromatic carbocycles. The maximum absolute atomic E-state index is 14.9. The molecule has 3 aliphatic rings. The maximum Gasteiger partial charge on any atom is 0.472 e. The second-order valence-corrected chi connectivity index (χ2v) is 37.3. The summed E-state index contributed by atoms with van der Waals surface area (Å²) in [4.78, 5) is 66.7. The van der Waals surface area contributed by atoms with Gasteiger partial charge >= 0.3 is 31.7 Å². The largest absolute Gasteiger partial charge is 0.472 e. The molecule has 0 bridgehead atoms. The zero-order chi connectivity index (χ0) is 88.4. The van der Waals surface area contributed by atoms with Gasteiger partial charge in [-0.2, -0.15) is 0 Å². The lowest BCUT2D eigenvalue weighted by Crippen LogP contribution is -2.70. The number of phosphoric ester groups is 1. The molecule has 19 atom stereocenters. The molecule has 10 N–H and O–H groups in total. The first kappa shape index (κ1) is 113. The Balaban J connectivity index is 1.90. The van der Waals surface area contributed by atoms with Crippen molar-refractivity contribution in [3.8, 4) is 0 Å². The highest BCUT2D eigenvalue weighted by atomic mass is 31.2. The van der Waals surface area contributed by atoms with Crippen molar-refractivity contribution in [3.05, 3.63) is 0 Å². The van der Waals surface area contributed by atoms with Gasteiger partial charge in [0.25, 0.3) is 0 Å². The highest BCUT2D eigenvalue weighted by Gasteiger charge is 2.60. The topological polar surface area (TPSA) is 380 Å². The molecule has 0 amide bonds. The first-order valence-electron chi connectivity index (χ1n) is 49.7. The van der Waals surface area contributed by atoms with Crippen LogP contribution in [0.5, 0.6) is 0 Å². The van der Waals surface area contributed by atoms with E-state index in [2.05, 4.69) is 34.6 Å². The number of rotatable bonds is 81. The van der Waals surface area contributed by atoms with Crippen LogP contribution in [0, 0.1) is 5.92 Å². The van der Waals surface area contributed by atoms with Gasteiger partial charge in [0, 0.05) is 25.7 Å². The van der Waals surface area contributed by atoms with E-state index in [0.29, 0.717) is 38.0 Å². The zero-order valence-corrected chi connectivity index (χ0v) is 77.4. The number of carbonyl (C=O) groups excluding carboxylic acids is 4. The molecule has 2 saturated heterocycles. The van der Waals surface area contributed by atoms with Crippen LogP contribution in [0.1, 0.15) is 446 Å². The Hall–Kier alpha value is -2.53. The molecule has 0 spiro atoms. The lowest BCUT2D eigenvalue weighted by Gasteiger charge is -2.50. The average Bonchev–Trinajstić information content (AvgIpc) is 0.754. The minimum atomic E-state index is -5.81. The number of unbranched alkanes of at least 4 members (excludes halogenated alkanes) is 53. The summed E-state index contributed by atoms with van der Waals surface area (Å²) in [5.41, 5.74) is 0. The summed E-state index contributed by atoms with van der Waals surface area (Å²) in [6, 6.07) is 0. The summed E-state index contributed by atoms with van der Waals surface area (Å²) in [5, 5.41) is 103. The van der Waals surface area contributed by atoms with Crippen LogP contribution < -0.4 is 0 Å². The fourth-order valence-electron chi connectivity index (χ4n) is 16.8. The second-order valence-electron chi connectivity index (χ2n) is 35.9. The van der Waals surface area contributed by atoms with E-state index in [1.165, 1.54) is 225 Å². The Morgan fingerprint density at radius 1 is 0.322 bits per heavy atom. The SMILES string of the molecule is CCCCCCCCCCCCCCCCCCC(=O)OC1C(O)C(O)C(OC2OC(CO)C(O)C(O)C2O)C(OP(=O)(O)OCC(COC(=O)CCCCCCCCC(C)CCCCCCCC)OC(=O)CCCCCCCCCCCCCCCCC)C1OC1OC(COC(=O)CCCCCCCCCCCCCCCCC)C(O)C(O)C1O. The van der Waals surface area contributed by atoms with Gasteiger partial charge in [0.15, 0.2) is 24.8 Å². The lowest BCUT2D eigenvalue weighted by molar-refractivity contribution is -0.360. The Morgan fingerprint density at radius 2 is 0.620 bits per heavy atom. The van der Waals surface area contributed by atoms with E-state index in [4.69, 9.17) is 46.9 Å². The van der Waals surface area contributed by atoms with E-state index in [0.717, 1.165) is 128 Å². The van der Waals surface area contributed by atoms with Crippen LogP contribution in [-0.2, 0) is 70.7 Å². The molecule has 19 unspecified atom stereocenters. The quantitative estimate of drug-likeness (QED) is 0.0117. The molecule has 1 saturated carbocycles. The van der Waals surface area contributed by atoms with Crippen molar-refractivity contribution in [1.29, 1.82) is 0 Å². The summed E-state index contributed by atoms with van der Waals surface area (Å²) in [7, 11) is -5.81. The van der Waals surface area contributed by atoms with Crippen molar-refractivity contribution in [2.24, 2.45) is 5.92 Å². The average molecular weight is 1750 g/mol. The van der Waals surface area contributed by atoms with E-state index >= 15 is 0 Å². The number of aliphatic hydroxyl groups is 9. The first-order valence-corrected chi connectivity index (χ1v) is 51.2. The second kappa shape index (κ2) is 73.3. The van der Waals surface area contributed by atoms with Gasteiger partial charge in [0.1, 0.15) is 92.6 Å². The molecule has 2 aliphatic heterocycles. The first-order chi connectivity index (χ1) is 58.6. The third kappa shape index (κ3) is 53.3. The van der Waals surface area contributed by atoms with Crippen LogP contribution in [0.3, 0.4) is 0 Å². The Kier molecular flexibility index (Phi) is 68.2. The molecule has 3 rings (SSSR count). The lowest BCUT2D eigenvalue weighted by atomic mass is 9.84. The molecule has 121 heavy (non-hydrogen) atoms. The van der Waals surface area contributed by atoms with Crippen LogP contribution in [0.4, 0.5) is 0 Å². The Labute approximate surface area is 731 Å². The summed E-state index contributed by atoms with van der Waals surface area (Å²) in [6.07, 6.45) is 30.6. The molecule has 3 fully saturated rings. The number of ether oxygens (including phenoxy) is 8. The van der Waals surface area contributed by atoms with Gasteiger partial charge < -0.3 is 88.7 Å². The molecule has 26 heteroatoms. The summed E-state index contributed by atoms with van der Waals surface area (Å²) in [6.45, 7) is 8.00. The highest BCUT2D eigenvalue weighted by Crippen LogP contribution is 2.49. The van der Waals surface area contributed by atoms with Gasteiger partial charge in [-0.3, -0.25) is 28.2 Å². The van der Waals surface area contributed by atoms with E-state index < -0.39 is 162 Å². The van der Waals surface area contributed by atoms with Crippen LogP contribution >= 0.6 is 7.82 Å². The molecule has 0 radical (unpaired) electrons. The predicted octanol–water partition coefficient (Wildman–Crippen LogP) is 19.2. The molecule has 2 heterocycles. The van der Waals surface area contributed by atoms with Gasteiger partial charge in [-0.15, -0.1) is 0 Å². The van der Waals surface area contributed by atoms with Crippen molar-refractivity contribution in [2.75, 3.05) is 26.4 Å². The molecule has 0 aromatic heterocycles. The minimum absolute atomic E-state index is 0.0200. The van der Waals surface area contributed by atoms with Crippen molar-refractivity contribution in [1.82, 2.24) is 0 Å². The normalized spacial score (nSPS) is 24.8. The fraction of sp³-hybridized carbons (Fsp3) is 0.958. The monoisotopic (exact) mass is 1750 g/mol. The van der Waals surface area contributed by atoms with E-state index in [-0.39, 0.29) is 25.7 Å². The van der Waals surface area contributed by atoms with Crippen molar-refractivity contribution in [3.63, 3.8) is 0 Å². The van der Waals surface area contributed by atoms with Crippen LogP contribution in [-0.4, -0.2) is 205 Å². The number of hydrogen-bond donors (Lipinski definition) is 10. The number of phosphoric acid groups is 1. The molecule has 0 aromatic rings. The Bertz CT molecular complexity index is 2520. The number of esters is 4. The molecule has 714 valence electrons. The van der Waals surface area contributed by atoms with Crippen molar-refractivity contribution in [2.45, 2.75) is 550 Å². The summed E-state index contributed by atoms with van der Waals surface area (Å²) >= 11 is 0. The predicted molar refractivity (Wildman–Crippen MR) is 472 cm³/mol. The summed E-state index contributed by atoms with van der Waals surface area (Å²) in [5.74, 6) is -2.25. The Morgan fingerprint density at radius 3 is 0.983 bits per heavy atom. The van der Waals surface area contributed by atoms with Gasteiger partial charge in [-0.25, -0.2) is 4.57 Å². The van der Waals surface area contributed by atoms with Crippen LogP contribution in [0.25, 0.3) is 0 Å². The van der Waals surface area contributed by atoms with Gasteiger partial charge in [-0.1, -0.05) is 394 Å². The highest BCUT2D eigenvalue weighted by molar-refractivity contribution is 7.47. The van der Waals surface area contributed by atoms with E-state index in [9.17, 15) is 74.6 Å². The maximum atomic E-state index is 14.9. The van der Waals surface area contributed by atoms with Gasteiger partial charge in [-0.05, 0) is 31.6 Å². The third-order valence-corrected chi connectivity index (χ3v) is 25.7. The standard InChI is InChI=1S/C95H179O25P/c1-6-10-14-18-22-25-28-31-34-37-40-43-46-49-57-63-69-81(100)117-90-86(105)87(106)91(118-94-88(107)84(103)82(101)76(70-96)115-94)93(92(90)119-95-89(108)85(104)83(102)77(116-95)73-112-79(98)67-61-54-47-44-41-38-35-32-29-26-23-19-15-11-7-2)120-121(109,110)113-72-75(114-80(99)68-62-56-48-45-42-39-36-33-30-27-24-20-16-12-8-3)71-111-78(97)66-60-55-51-50-53-59-65-74(5)64-58-52-21-17-13-9-4/h74-77,82-96,101-108H,6-73H2,1-5H3,(H,109,110). The molecule has 25 nitrogen and oxygen atoms in total. The molecular weight excluding hydrogens is 1570 g/mol. The van der Waals surface area contributed by atoms with E-state index in [1.807, 2.05) is 0 Å². The summed E-state index contributed by atoms with van der Waals surface area (Å²) < 4.78 is 73.7. The third-order valence-electron chi connectivity index (χ3n) is 24.8. The number of aliphatic hydroxyl groups excluding tert-OH is 9. The zero-order valence-electron chi connectivity index (χ0n) is 76.5. The molecular formula is C95H179O25P. The fourth-order valence-corrected chi connectivity index (χ4v) is 17.8. The van der Waals surface area contributed by atoms with Gasteiger partial charge in [0.2, 0.25) is 0 Å². The number of carbonyl (C=O) groups is 4. The minimum Gasteiger partial charge on any atom is -0.463 e. The van der Waals surface area contributed by atoms with Crippen LogP contribution in [0.15, 0.2) is 0 Å². The number of hydrogen-bond acceptors (Lipinski definition) is 24. The van der Waals surface area contributed by atoms with E-state index in [1.54, 1.807) is 0 Å². The smallest absolute Gasteiger partial charge is 0.463 e. The van der Waals surface area contributed by atoms with Crippen molar-refractivity contribution < 1.29 is 122 Å². The van der Waals surface area contributed by atoms with Gasteiger partial charge in [0.05, 0.1) is 13.2 Å². The van der Waals surface area contributed by atoms with Crippen LogP contribution in [0.2, 0.25) is 0 Å².